The van der Waals surface area contributed by atoms with E-state index in [9.17, 15) is 4.79 Å². The van der Waals surface area contributed by atoms with Crippen LogP contribution in [0.25, 0.3) is 0 Å². The molecule has 1 saturated carbocycles. The van der Waals surface area contributed by atoms with Gasteiger partial charge >= 0.3 is 0 Å². The summed E-state index contributed by atoms with van der Waals surface area (Å²) in [5.74, 6) is 1.04. The van der Waals surface area contributed by atoms with Crippen LogP contribution in [0.4, 0.5) is 5.95 Å². The Morgan fingerprint density at radius 3 is 2.65 bits per heavy atom. The highest BCUT2D eigenvalue weighted by Crippen LogP contribution is 2.22. The average molecular weight is 274 g/mol. The number of nitrogens with zero attached hydrogens (tertiary/aromatic N) is 3. The second-order valence-corrected chi connectivity index (χ2v) is 5.82. The summed E-state index contributed by atoms with van der Waals surface area (Å²) in [7, 11) is 0. The van der Waals surface area contributed by atoms with E-state index < -0.39 is 0 Å². The van der Waals surface area contributed by atoms with Crippen molar-refractivity contribution in [1.29, 1.82) is 0 Å². The topological polar surface area (TPSA) is 58.1 Å². The van der Waals surface area contributed by atoms with E-state index in [1.165, 1.54) is 12.8 Å². The average Bonchev–Trinajstić information content (AvgIpc) is 3.01. The number of amides is 1. The smallest absolute Gasteiger partial charge is 0.225 e. The van der Waals surface area contributed by atoms with Gasteiger partial charge in [-0.2, -0.15) is 0 Å². The molecule has 1 N–H and O–H groups in total. The van der Waals surface area contributed by atoms with Crippen LogP contribution in [0.15, 0.2) is 18.5 Å². The number of piperidine rings is 1. The lowest BCUT2D eigenvalue weighted by atomic mass is 9.97. The third-order valence-corrected chi connectivity index (χ3v) is 4.33. The lowest BCUT2D eigenvalue weighted by Crippen LogP contribution is -2.45. The minimum atomic E-state index is 0.0770. The van der Waals surface area contributed by atoms with Gasteiger partial charge in [0.1, 0.15) is 0 Å². The minimum absolute atomic E-state index is 0.0770. The Kier molecular flexibility index (Phi) is 4.14. The second kappa shape index (κ2) is 6.20. The molecule has 0 aromatic carbocycles. The van der Waals surface area contributed by atoms with Crippen LogP contribution in [0.3, 0.4) is 0 Å². The summed E-state index contributed by atoms with van der Waals surface area (Å²) >= 11 is 0. The van der Waals surface area contributed by atoms with Gasteiger partial charge in [-0.3, -0.25) is 4.79 Å². The Hall–Kier alpha value is -1.65. The monoisotopic (exact) mass is 274 g/mol. The standard InChI is InChI=1S/C15H22N4O/c20-14(18-13-6-1-2-7-13)12-5-3-10-19(11-12)15-16-8-4-9-17-15/h4,8-9,12-13H,1-3,5-7,10-11H2,(H,18,20). The number of aromatic nitrogens is 2. The molecule has 2 fully saturated rings. The number of hydrogen-bond donors (Lipinski definition) is 1. The molecule has 5 nitrogen and oxygen atoms in total. The minimum Gasteiger partial charge on any atom is -0.353 e. The molecule has 1 aromatic heterocycles. The Labute approximate surface area is 119 Å². The highest BCUT2D eigenvalue weighted by Gasteiger charge is 2.28. The van der Waals surface area contributed by atoms with Crippen molar-refractivity contribution in [3.05, 3.63) is 18.5 Å². The summed E-state index contributed by atoms with van der Waals surface area (Å²) in [4.78, 5) is 23.0. The summed E-state index contributed by atoms with van der Waals surface area (Å²) in [6.07, 6.45) is 10.3. The van der Waals surface area contributed by atoms with Crippen molar-refractivity contribution in [3.8, 4) is 0 Å². The summed E-state index contributed by atoms with van der Waals surface area (Å²) in [5, 5.41) is 3.21. The first-order valence-electron chi connectivity index (χ1n) is 7.65. The van der Waals surface area contributed by atoms with E-state index in [1.54, 1.807) is 12.4 Å². The maximum atomic E-state index is 12.4. The molecule has 2 heterocycles. The zero-order valence-electron chi connectivity index (χ0n) is 11.8. The van der Waals surface area contributed by atoms with Crippen LogP contribution in [0.2, 0.25) is 0 Å². The largest absolute Gasteiger partial charge is 0.353 e. The Morgan fingerprint density at radius 2 is 1.90 bits per heavy atom. The molecule has 20 heavy (non-hydrogen) atoms. The van der Waals surface area contributed by atoms with E-state index in [4.69, 9.17) is 0 Å². The van der Waals surface area contributed by atoms with Crippen LogP contribution >= 0.6 is 0 Å². The van der Waals surface area contributed by atoms with Gasteiger partial charge in [0.05, 0.1) is 5.92 Å². The third kappa shape index (κ3) is 3.08. The number of nitrogens with one attached hydrogen (secondary N) is 1. The van der Waals surface area contributed by atoms with Gasteiger partial charge in [-0.05, 0) is 31.7 Å². The van der Waals surface area contributed by atoms with Crippen molar-refractivity contribution in [2.75, 3.05) is 18.0 Å². The van der Waals surface area contributed by atoms with Crippen molar-refractivity contribution >= 4 is 11.9 Å². The van der Waals surface area contributed by atoms with Crippen LogP contribution in [0.5, 0.6) is 0 Å². The normalized spacial score (nSPS) is 23.8. The molecule has 3 rings (SSSR count). The Bertz CT molecular complexity index is 444. The summed E-state index contributed by atoms with van der Waals surface area (Å²) in [6.45, 7) is 1.68. The first-order chi connectivity index (χ1) is 9.83. The zero-order valence-corrected chi connectivity index (χ0v) is 11.8. The molecule has 5 heteroatoms. The second-order valence-electron chi connectivity index (χ2n) is 5.82. The molecule has 108 valence electrons. The van der Waals surface area contributed by atoms with Gasteiger partial charge in [0, 0.05) is 31.5 Å². The summed E-state index contributed by atoms with van der Waals surface area (Å²) in [6, 6.07) is 2.23. The molecule has 2 aliphatic rings. The Morgan fingerprint density at radius 1 is 1.15 bits per heavy atom. The van der Waals surface area contributed by atoms with Crippen molar-refractivity contribution in [2.45, 2.75) is 44.6 Å². The quantitative estimate of drug-likeness (QED) is 0.912. The van der Waals surface area contributed by atoms with Gasteiger partial charge in [-0.15, -0.1) is 0 Å². The predicted octanol–water partition coefficient (Wildman–Crippen LogP) is 1.75. The maximum absolute atomic E-state index is 12.4. The number of carbonyl (C=O) groups is 1. The SMILES string of the molecule is O=C(NC1CCCC1)C1CCCN(c2ncccn2)C1. The number of carbonyl (C=O) groups excluding carboxylic acids is 1. The highest BCUT2D eigenvalue weighted by atomic mass is 16.2. The van der Waals surface area contributed by atoms with Crippen molar-refractivity contribution in [2.24, 2.45) is 5.92 Å². The van der Waals surface area contributed by atoms with E-state index in [-0.39, 0.29) is 11.8 Å². The third-order valence-electron chi connectivity index (χ3n) is 4.33. The van der Waals surface area contributed by atoms with Gasteiger partial charge in [-0.1, -0.05) is 12.8 Å². The van der Waals surface area contributed by atoms with E-state index in [1.807, 2.05) is 6.07 Å². The van der Waals surface area contributed by atoms with Gasteiger partial charge in [0.25, 0.3) is 0 Å². The number of anilines is 1. The molecule has 1 saturated heterocycles. The maximum Gasteiger partial charge on any atom is 0.225 e. The van der Waals surface area contributed by atoms with Gasteiger partial charge in [0.15, 0.2) is 0 Å². The molecule has 1 amide bonds. The molecule has 1 atom stereocenters. The summed E-state index contributed by atoms with van der Waals surface area (Å²) in [5.41, 5.74) is 0. The fourth-order valence-corrected chi connectivity index (χ4v) is 3.22. The molecule has 1 aliphatic heterocycles. The molecule has 1 unspecified atom stereocenters. The molecule has 1 aliphatic carbocycles. The van der Waals surface area contributed by atoms with E-state index >= 15 is 0 Å². The van der Waals surface area contributed by atoms with Crippen LogP contribution < -0.4 is 10.2 Å². The Balaban J connectivity index is 1.58. The fourth-order valence-electron chi connectivity index (χ4n) is 3.22. The van der Waals surface area contributed by atoms with Gasteiger partial charge < -0.3 is 10.2 Å². The van der Waals surface area contributed by atoms with Crippen LogP contribution in [-0.2, 0) is 4.79 Å². The van der Waals surface area contributed by atoms with Crippen LogP contribution in [0, 0.1) is 5.92 Å². The van der Waals surface area contributed by atoms with Gasteiger partial charge in [-0.25, -0.2) is 9.97 Å². The van der Waals surface area contributed by atoms with Crippen LogP contribution in [-0.4, -0.2) is 35.0 Å². The molecular formula is C15H22N4O. The van der Waals surface area contributed by atoms with Crippen molar-refractivity contribution in [3.63, 3.8) is 0 Å². The first-order valence-corrected chi connectivity index (χ1v) is 7.65. The highest BCUT2D eigenvalue weighted by molar-refractivity contribution is 5.79. The van der Waals surface area contributed by atoms with Crippen LogP contribution in [0.1, 0.15) is 38.5 Å². The van der Waals surface area contributed by atoms with Crippen molar-refractivity contribution in [1.82, 2.24) is 15.3 Å². The van der Waals surface area contributed by atoms with Gasteiger partial charge in [0.2, 0.25) is 11.9 Å². The van der Waals surface area contributed by atoms with Crippen molar-refractivity contribution < 1.29 is 4.79 Å². The number of hydrogen-bond acceptors (Lipinski definition) is 4. The molecular weight excluding hydrogens is 252 g/mol. The molecule has 0 radical (unpaired) electrons. The number of rotatable bonds is 3. The lowest BCUT2D eigenvalue weighted by molar-refractivity contribution is -0.125. The van der Waals surface area contributed by atoms with E-state index in [0.29, 0.717) is 6.04 Å². The van der Waals surface area contributed by atoms with E-state index in [2.05, 4.69) is 20.2 Å². The van der Waals surface area contributed by atoms with E-state index in [0.717, 1.165) is 44.7 Å². The lowest BCUT2D eigenvalue weighted by Gasteiger charge is -2.32. The molecule has 0 spiro atoms. The molecule has 1 aromatic rings. The summed E-state index contributed by atoms with van der Waals surface area (Å²) < 4.78 is 0. The molecule has 0 bridgehead atoms. The first kappa shape index (κ1) is 13.3. The predicted molar refractivity (Wildman–Crippen MR) is 77.4 cm³/mol. The zero-order chi connectivity index (χ0) is 13.8. The fraction of sp³-hybridized carbons (Fsp3) is 0.667.